The first kappa shape index (κ1) is 10.7. The topological polar surface area (TPSA) is 63.0 Å². The molecule has 18 heavy (non-hydrogen) atoms. The number of pyridine rings is 1. The minimum Gasteiger partial charge on any atom is -0.296 e. The Morgan fingerprint density at radius 2 is 2.17 bits per heavy atom. The van der Waals surface area contributed by atoms with Crippen LogP contribution in [0.5, 0.6) is 0 Å². The summed E-state index contributed by atoms with van der Waals surface area (Å²) < 4.78 is 1.83. The average Bonchev–Trinajstić information content (AvgIpc) is 2.92. The minimum atomic E-state index is 0.0179. The second-order valence-electron chi connectivity index (χ2n) is 4.23. The Balaban J connectivity index is 2.28. The Bertz CT molecular complexity index is 725. The summed E-state index contributed by atoms with van der Waals surface area (Å²) in [5.41, 5.74) is 4.15. The van der Waals surface area contributed by atoms with Gasteiger partial charge in [-0.25, -0.2) is 4.98 Å². The number of ketones is 1. The highest BCUT2D eigenvalue weighted by molar-refractivity contribution is 5.94. The molecule has 0 spiro atoms. The van der Waals surface area contributed by atoms with Gasteiger partial charge < -0.3 is 0 Å². The van der Waals surface area contributed by atoms with Crippen molar-refractivity contribution in [1.82, 2.24) is 19.6 Å². The maximum Gasteiger partial charge on any atom is 0.178 e. The lowest BCUT2D eigenvalue weighted by Gasteiger charge is -2.02. The second kappa shape index (κ2) is 3.80. The van der Waals surface area contributed by atoms with Crippen molar-refractivity contribution >= 4 is 11.4 Å². The van der Waals surface area contributed by atoms with Crippen molar-refractivity contribution in [3.63, 3.8) is 0 Å². The zero-order valence-corrected chi connectivity index (χ0v) is 10.1. The third-order valence-corrected chi connectivity index (χ3v) is 2.96. The standard InChI is InChI=1S/C13H12N4O/c1-8-13(9(2)18)17-7-10(3-4-12(17)16-8)11-5-14-15-6-11/h3-7H,1-2H3,(H,14,15). The molecule has 3 aromatic heterocycles. The van der Waals surface area contributed by atoms with E-state index in [1.54, 1.807) is 13.1 Å². The zero-order valence-electron chi connectivity index (χ0n) is 10.1. The molecule has 0 aliphatic heterocycles. The second-order valence-corrected chi connectivity index (χ2v) is 4.23. The highest BCUT2D eigenvalue weighted by atomic mass is 16.1. The van der Waals surface area contributed by atoms with Crippen LogP contribution in [-0.4, -0.2) is 25.4 Å². The first-order valence-electron chi connectivity index (χ1n) is 5.65. The predicted octanol–water partition coefficient (Wildman–Crippen LogP) is 2.24. The van der Waals surface area contributed by atoms with Gasteiger partial charge in [0.05, 0.1) is 11.9 Å². The Kier molecular flexibility index (Phi) is 2.26. The lowest BCUT2D eigenvalue weighted by molar-refractivity contribution is 0.101. The predicted molar refractivity (Wildman–Crippen MR) is 67.5 cm³/mol. The summed E-state index contributed by atoms with van der Waals surface area (Å²) in [5, 5.41) is 6.70. The van der Waals surface area contributed by atoms with E-state index < -0.39 is 0 Å². The summed E-state index contributed by atoms with van der Waals surface area (Å²) >= 11 is 0. The van der Waals surface area contributed by atoms with Crippen molar-refractivity contribution < 1.29 is 4.79 Å². The number of imidazole rings is 1. The van der Waals surface area contributed by atoms with E-state index in [4.69, 9.17) is 0 Å². The highest BCUT2D eigenvalue weighted by Crippen LogP contribution is 2.21. The van der Waals surface area contributed by atoms with Gasteiger partial charge in [0.15, 0.2) is 5.78 Å². The number of hydrogen-bond donors (Lipinski definition) is 1. The number of fused-ring (bicyclic) bond motifs is 1. The van der Waals surface area contributed by atoms with Crippen LogP contribution in [0.2, 0.25) is 0 Å². The number of hydrogen-bond acceptors (Lipinski definition) is 3. The summed E-state index contributed by atoms with van der Waals surface area (Å²) in [4.78, 5) is 16.0. The van der Waals surface area contributed by atoms with Crippen molar-refractivity contribution in [3.05, 3.63) is 42.1 Å². The molecule has 90 valence electrons. The Morgan fingerprint density at radius 1 is 1.33 bits per heavy atom. The molecular weight excluding hydrogens is 228 g/mol. The third-order valence-electron chi connectivity index (χ3n) is 2.96. The number of Topliss-reactive ketones (excluding diaryl/α,β-unsaturated/α-hetero) is 1. The maximum absolute atomic E-state index is 11.7. The van der Waals surface area contributed by atoms with Gasteiger partial charge in [0.2, 0.25) is 0 Å². The number of aryl methyl sites for hydroxylation is 1. The molecule has 3 aromatic rings. The lowest BCUT2D eigenvalue weighted by atomic mass is 10.1. The third kappa shape index (κ3) is 1.52. The van der Waals surface area contributed by atoms with Crippen LogP contribution in [-0.2, 0) is 0 Å². The van der Waals surface area contributed by atoms with Gasteiger partial charge in [0, 0.05) is 30.4 Å². The van der Waals surface area contributed by atoms with Gasteiger partial charge in [0.1, 0.15) is 11.3 Å². The van der Waals surface area contributed by atoms with Crippen LogP contribution >= 0.6 is 0 Å². The number of rotatable bonds is 2. The van der Waals surface area contributed by atoms with Crippen molar-refractivity contribution in [3.8, 4) is 11.1 Å². The number of carbonyl (C=O) groups excluding carboxylic acids is 1. The van der Waals surface area contributed by atoms with E-state index >= 15 is 0 Å². The number of aromatic amines is 1. The summed E-state index contributed by atoms with van der Waals surface area (Å²) in [5.74, 6) is 0.0179. The minimum absolute atomic E-state index is 0.0179. The fraction of sp³-hybridized carbons (Fsp3) is 0.154. The fourth-order valence-electron chi connectivity index (χ4n) is 2.17. The zero-order chi connectivity index (χ0) is 12.7. The van der Waals surface area contributed by atoms with Crippen LogP contribution in [0.4, 0.5) is 0 Å². The van der Waals surface area contributed by atoms with Gasteiger partial charge in [-0.2, -0.15) is 5.10 Å². The van der Waals surface area contributed by atoms with Gasteiger partial charge in [0.25, 0.3) is 0 Å². The Hall–Kier alpha value is -2.43. The molecule has 3 heterocycles. The molecule has 0 aromatic carbocycles. The van der Waals surface area contributed by atoms with Crippen molar-refractivity contribution in [2.24, 2.45) is 0 Å². The molecule has 0 saturated carbocycles. The summed E-state index contributed by atoms with van der Waals surface area (Å²) in [6.45, 7) is 3.40. The van der Waals surface area contributed by atoms with E-state index in [1.165, 1.54) is 0 Å². The number of aromatic nitrogens is 4. The van der Waals surface area contributed by atoms with Crippen LogP contribution in [0.1, 0.15) is 23.1 Å². The van der Waals surface area contributed by atoms with Gasteiger partial charge in [-0.3, -0.25) is 14.3 Å². The Labute approximate surface area is 103 Å². The van der Waals surface area contributed by atoms with Crippen LogP contribution in [0.15, 0.2) is 30.7 Å². The molecule has 0 saturated heterocycles. The van der Waals surface area contributed by atoms with E-state index in [-0.39, 0.29) is 5.78 Å². The molecule has 0 radical (unpaired) electrons. The van der Waals surface area contributed by atoms with Crippen LogP contribution < -0.4 is 0 Å². The quantitative estimate of drug-likeness (QED) is 0.699. The van der Waals surface area contributed by atoms with Gasteiger partial charge in [-0.05, 0) is 19.1 Å². The number of nitrogens with zero attached hydrogens (tertiary/aromatic N) is 3. The van der Waals surface area contributed by atoms with Gasteiger partial charge in [-0.1, -0.05) is 0 Å². The number of carbonyl (C=O) groups is 1. The van der Waals surface area contributed by atoms with Gasteiger partial charge >= 0.3 is 0 Å². The van der Waals surface area contributed by atoms with Crippen molar-refractivity contribution in [2.75, 3.05) is 0 Å². The van der Waals surface area contributed by atoms with Crippen LogP contribution in [0, 0.1) is 6.92 Å². The monoisotopic (exact) mass is 240 g/mol. The number of H-pyrrole nitrogens is 1. The normalized spacial score (nSPS) is 11.0. The molecule has 0 unspecified atom stereocenters. The SMILES string of the molecule is CC(=O)c1c(C)nc2ccc(-c3cn[nH]c3)cn12. The summed E-state index contributed by atoms with van der Waals surface area (Å²) in [6, 6.07) is 3.87. The summed E-state index contributed by atoms with van der Waals surface area (Å²) in [7, 11) is 0. The Morgan fingerprint density at radius 3 is 2.83 bits per heavy atom. The van der Waals surface area contributed by atoms with Crippen LogP contribution in [0.3, 0.4) is 0 Å². The van der Waals surface area contributed by atoms with Gasteiger partial charge in [-0.15, -0.1) is 0 Å². The molecule has 0 atom stereocenters. The first-order chi connectivity index (χ1) is 8.66. The van der Waals surface area contributed by atoms with Crippen molar-refractivity contribution in [2.45, 2.75) is 13.8 Å². The molecule has 0 aliphatic rings. The average molecular weight is 240 g/mol. The summed E-state index contributed by atoms with van der Waals surface area (Å²) in [6.07, 6.45) is 5.48. The van der Waals surface area contributed by atoms with Crippen molar-refractivity contribution in [1.29, 1.82) is 0 Å². The van der Waals surface area contributed by atoms with E-state index in [2.05, 4.69) is 15.2 Å². The first-order valence-corrected chi connectivity index (χ1v) is 5.65. The molecule has 3 rings (SSSR count). The largest absolute Gasteiger partial charge is 0.296 e. The van der Waals surface area contributed by atoms with Crippen LogP contribution in [0.25, 0.3) is 16.8 Å². The molecule has 1 N–H and O–H groups in total. The number of nitrogens with one attached hydrogen (secondary N) is 1. The highest BCUT2D eigenvalue weighted by Gasteiger charge is 2.13. The fourth-order valence-corrected chi connectivity index (χ4v) is 2.17. The molecule has 0 fully saturated rings. The van der Waals surface area contributed by atoms with E-state index in [9.17, 15) is 4.79 Å². The smallest absolute Gasteiger partial charge is 0.178 e. The van der Waals surface area contributed by atoms with E-state index in [0.717, 1.165) is 22.5 Å². The maximum atomic E-state index is 11.7. The molecule has 5 heteroatoms. The molecule has 0 amide bonds. The lowest BCUT2D eigenvalue weighted by Crippen LogP contribution is -2.00. The molecule has 5 nitrogen and oxygen atoms in total. The molecule has 0 aliphatic carbocycles. The molecular formula is C13H12N4O. The van der Waals surface area contributed by atoms with E-state index in [0.29, 0.717) is 5.69 Å². The van der Waals surface area contributed by atoms with E-state index in [1.807, 2.05) is 35.9 Å². The molecule has 0 bridgehead atoms.